The number of hydrogen-bond donors (Lipinski definition) is 1. The smallest absolute Gasteiger partial charge is 0.240 e. The summed E-state index contributed by atoms with van der Waals surface area (Å²) in [6.45, 7) is 9.77. The monoisotopic (exact) mass is 226 g/mol. The van der Waals surface area contributed by atoms with Gasteiger partial charge >= 0.3 is 0 Å². The van der Waals surface area contributed by atoms with Gasteiger partial charge in [0.15, 0.2) is 0 Å². The van der Waals surface area contributed by atoms with Crippen molar-refractivity contribution >= 4 is 5.91 Å². The third-order valence-electron chi connectivity index (χ3n) is 3.60. The van der Waals surface area contributed by atoms with Crippen molar-refractivity contribution in [2.24, 2.45) is 17.1 Å². The number of carbonyl (C=O) groups excluding carboxylic acids is 1. The molecule has 3 nitrogen and oxygen atoms in total. The number of hydrogen-bond acceptors (Lipinski definition) is 2. The number of likely N-dealkylation sites (N-methyl/N-ethyl adjacent to an activating group) is 1. The van der Waals surface area contributed by atoms with Crippen molar-refractivity contribution in [2.75, 3.05) is 13.1 Å². The molecule has 94 valence electrons. The van der Waals surface area contributed by atoms with Crippen LogP contribution in [0.15, 0.2) is 0 Å². The van der Waals surface area contributed by atoms with E-state index in [0.717, 1.165) is 19.0 Å². The second-order valence-corrected chi connectivity index (χ2v) is 6.02. The number of amides is 1. The maximum atomic E-state index is 12.2. The van der Waals surface area contributed by atoms with Crippen molar-refractivity contribution < 1.29 is 4.79 Å². The van der Waals surface area contributed by atoms with E-state index in [-0.39, 0.29) is 17.4 Å². The molecule has 2 N–H and O–H groups in total. The predicted molar refractivity (Wildman–Crippen MR) is 67.0 cm³/mol. The molecule has 0 aliphatic heterocycles. The Kier molecular flexibility index (Phi) is 4.36. The Morgan fingerprint density at radius 3 is 2.31 bits per heavy atom. The van der Waals surface area contributed by atoms with E-state index in [1.807, 2.05) is 32.6 Å². The van der Waals surface area contributed by atoms with Crippen LogP contribution in [0.5, 0.6) is 0 Å². The van der Waals surface area contributed by atoms with Crippen molar-refractivity contribution in [1.29, 1.82) is 0 Å². The highest BCUT2D eigenvalue weighted by Gasteiger charge is 2.32. The molecule has 1 unspecified atom stereocenters. The zero-order chi connectivity index (χ0) is 12.3. The van der Waals surface area contributed by atoms with E-state index in [9.17, 15) is 4.79 Å². The van der Waals surface area contributed by atoms with Gasteiger partial charge in [-0.2, -0.15) is 0 Å². The average molecular weight is 226 g/mol. The molecule has 3 heteroatoms. The van der Waals surface area contributed by atoms with Crippen LogP contribution in [0.2, 0.25) is 0 Å². The van der Waals surface area contributed by atoms with Gasteiger partial charge in [-0.15, -0.1) is 0 Å². The molecule has 0 heterocycles. The Labute approximate surface area is 99.4 Å². The van der Waals surface area contributed by atoms with Crippen LogP contribution in [0, 0.1) is 11.3 Å². The lowest BCUT2D eigenvalue weighted by Gasteiger charge is -2.36. The van der Waals surface area contributed by atoms with Crippen LogP contribution in [-0.4, -0.2) is 29.9 Å². The third-order valence-corrected chi connectivity index (χ3v) is 3.60. The molecule has 0 saturated heterocycles. The van der Waals surface area contributed by atoms with Gasteiger partial charge in [-0.3, -0.25) is 4.79 Å². The minimum absolute atomic E-state index is 0.113. The Bertz CT molecular complexity index is 241. The molecular formula is C13H26N2O. The largest absolute Gasteiger partial charge is 0.341 e. The maximum absolute atomic E-state index is 12.2. The van der Waals surface area contributed by atoms with E-state index in [0.29, 0.717) is 0 Å². The van der Waals surface area contributed by atoms with E-state index in [1.165, 1.54) is 19.3 Å². The van der Waals surface area contributed by atoms with E-state index >= 15 is 0 Å². The highest BCUT2D eigenvalue weighted by molar-refractivity contribution is 5.82. The van der Waals surface area contributed by atoms with Crippen molar-refractivity contribution in [2.45, 2.75) is 53.0 Å². The molecule has 0 aromatic carbocycles. The number of nitrogens with two attached hydrogens (primary N) is 1. The molecule has 1 rings (SSSR count). The molecule has 1 saturated carbocycles. The van der Waals surface area contributed by atoms with Gasteiger partial charge in [0.2, 0.25) is 5.91 Å². The van der Waals surface area contributed by atoms with Crippen molar-refractivity contribution in [3.63, 3.8) is 0 Å². The van der Waals surface area contributed by atoms with Gasteiger partial charge in [0.1, 0.15) is 0 Å². The number of nitrogens with zero attached hydrogens (tertiary/aromatic N) is 1. The maximum Gasteiger partial charge on any atom is 0.240 e. The molecule has 0 bridgehead atoms. The summed E-state index contributed by atoms with van der Waals surface area (Å²) in [5, 5.41) is 0. The highest BCUT2D eigenvalue weighted by atomic mass is 16.2. The molecule has 0 aromatic heterocycles. The van der Waals surface area contributed by atoms with Crippen LogP contribution in [0.4, 0.5) is 0 Å². The lowest BCUT2D eigenvalue weighted by atomic mass is 9.83. The fraction of sp³-hybridized carbons (Fsp3) is 0.923. The fourth-order valence-electron chi connectivity index (χ4n) is 1.93. The normalized spacial score (nSPS) is 19.1. The predicted octanol–water partition coefficient (Wildman–Crippen LogP) is 2.01. The molecule has 1 aliphatic rings. The number of rotatable bonds is 4. The van der Waals surface area contributed by atoms with Crippen LogP contribution >= 0.6 is 0 Å². The summed E-state index contributed by atoms with van der Waals surface area (Å²) in [4.78, 5) is 14.1. The quantitative estimate of drug-likeness (QED) is 0.797. The van der Waals surface area contributed by atoms with E-state index < -0.39 is 0 Å². The van der Waals surface area contributed by atoms with E-state index in [4.69, 9.17) is 5.73 Å². The van der Waals surface area contributed by atoms with Crippen LogP contribution in [-0.2, 0) is 4.79 Å². The summed E-state index contributed by atoms with van der Waals surface area (Å²) in [5.74, 6) is 0.831. The van der Waals surface area contributed by atoms with Crippen molar-refractivity contribution in [1.82, 2.24) is 4.90 Å². The molecule has 0 radical (unpaired) electrons. The zero-order valence-corrected chi connectivity index (χ0v) is 11.1. The molecular weight excluding hydrogens is 200 g/mol. The average Bonchev–Trinajstić information content (AvgIpc) is 2.13. The van der Waals surface area contributed by atoms with Gasteiger partial charge < -0.3 is 10.6 Å². The molecule has 0 spiro atoms. The van der Waals surface area contributed by atoms with Crippen LogP contribution in [0.3, 0.4) is 0 Å². The second kappa shape index (κ2) is 5.17. The molecule has 0 aromatic rings. The fourth-order valence-corrected chi connectivity index (χ4v) is 1.93. The minimum atomic E-state index is -0.382. The second-order valence-electron chi connectivity index (χ2n) is 6.02. The van der Waals surface area contributed by atoms with E-state index in [1.54, 1.807) is 0 Å². The Morgan fingerprint density at radius 1 is 1.44 bits per heavy atom. The number of carbonyl (C=O) groups is 1. The molecule has 1 atom stereocenters. The molecule has 16 heavy (non-hydrogen) atoms. The first-order valence-electron chi connectivity index (χ1n) is 6.40. The van der Waals surface area contributed by atoms with Gasteiger partial charge in [0, 0.05) is 13.1 Å². The lowest BCUT2D eigenvalue weighted by molar-refractivity contribution is -0.135. The lowest BCUT2D eigenvalue weighted by Crippen LogP contribution is -2.51. The SMILES string of the molecule is CCN(CC1CCC1)C(=O)C(N)C(C)(C)C. The van der Waals surface area contributed by atoms with Crippen LogP contribution in [0.1, 0.15) is 47.0 Å². The Balaban J connectivity index is 2.54. The summed E-state index contributed by atoms with van der Waals surface area (Å²) in [7, 11) is 0. The first kappa shape index (κ1) is 13.5. The van der Waals surface area contributed by atoms with Gasteiger partial charge in [-0.25, -0.2) is 0 Å². The standard InChI is InChI=1S/C13H26N2O/c1-5-15(9-10-7-6-8-10)12(16)11(14)13(2,3)4/h10-11H,5-9,14H2,1-4H3. The summed E-state index contributed by atoms with van der Waals surface area (Å²) in [6, 6.07) is -0.382. The molecule has 1 aliphatic carbocycles. The van der Waals surface area contributed by atoms with Gasteiger partial charge in [0.05, 0.1) is 6.04 Å². The third kappa shape index (κ3) is 3.21. The molecule has 1 fully saturated rings. The zero-order valence-electron chi connectivity index (χ0n) is 11.1. The van der Waals surface area contributed by atoms with E-state index in [2.05, 4.69) is 0 Å². The first-order valence-corrected chi connectivity index (χ1v) is 6.40. The summed E-state index contributed by atoms with van der Waals surface area (Å²) >= 11 is 0. The van der Waals surface area contributed by atoms with Gasteiger partial charge in [-0.1, -0.05) is 27.2 Å². The van der Waals surface area contributed by atoms with Crippen LogP contribution < -0.4 is 5.73 Å². The summed E-state index contributed by atoms with van der Waals surface area (Å²) < 4.78 is 0. The van der Waals surface area contributed by atoms with Crippen LogP contribution in [0.25, 0.3) is 0 Å². The topological polar surface area (TPSA) is 46.3 Å². The van der Waals surface area contributed by atoms with Gasteiger partial charge in [-0.05, 0) is 31.1 Å². The van der Waals surface area contributed by atoms with Crippen molar-refractivity contribution in [3.8, 4) is 0 Å². The van der Waals surface area contributed by atoms with Gasteiger partial charge in [0.25, 0.3) is 0 Å². The van der Waals surface area contributed by atoms with Crippen molar-refractivity contribution in [3.05, 3.63) is 0 Å². The Morgan fingerprint density at radius 2 is 2.00 bits per heavy atom. The highest BCUT2D eigenvalue weighted by Crippen LogP contribution is 2.28. The summed E-state index contributed by atoms with van der Waals surface area (Å²) in [6.07, 6.45) is 3.87. The Hall–Kier alpha value is -0.570. The summed E-state index contributed by atoms with van der Waals surface area (Å²) in [5.41, 5.74) is 5.87. The minimum Gasteiger partial charge on any atom is -0.341 e. The first-order chi connectivity index (χ1) is 7.36. The molecule has 1 amide bonds.